The Morgan fingerprint density at radius 1 is 1.06 bits per heavy atom. The molecule has 1 saturated heterocycles. The fraction of sp³-hybridized carbons (Fsp3) is 0.280. The molecule has 0 aromatic carbocycles. The normalized spacial score (nSPS) is 14.6. The van der Waals surface area contributed by atoms with Crippen molar-refractivity contribution in [2.24, 2.45) is 0 Å². The van der Waals surface area contributed by atoms with E-state index in [2.05, 4.69) is 68.4 Å². The molecule has 0 radical (unpaired) electrons. The minimum atomic E-state index is 0.765. The summed E-state index contributed by atoms with van der Waals surface area (Å²) in [6.07, 6.45) is 4.58. The van der Waals surface area contributed by atoms with E-state index >= 15 is 0 Å². The van der Waals surface area contributed by atoms with E-state index < -0.39 is 0 Å². The van der Waals surface area contributed by atoms with Crippen LogP contribution in [0.3, 0.4) is 0 Å². The van der Waals surface area contributed by atoms with Gasteiger partial charge in [-0.3, -0.25) is 0 Å². The van der Waals surface area contributed by atoms with Gasteiger partial charge in [0.1, 0.15) is 12.1 Å². The summed E-state index contributed by atoms with van der Waals surface area (Å²) in [6, 6.07) is 8.55. The van der Waals surface area contributed by atoms with Crippen molar-refractivity contribution in [2.75, 3.05) is 31.1 Å². The van der Waals surface area contributed by atoms with Crippen LogP contribution in [0.5, 0.6) is 0 Å². The largest absolute Gasteiger partial charge is 0.354 e. The predicted octanol–water partition coefficient (Wildman–Crippen LogP) is 4.16. The zero-order chi connectivity index (χ0) is 23.5. The lowest BCUT2D eigenvalue weighted by Crippen LogP contribution is -2.43. The van der Waals surface area contributed by atoms with Crippen molar-refractivity contribution in [3.8, 4) is 22.0 Å². The molecule has 176 valence electrons. The number of pyridine rings is 2. The SMILES string of the molecule is CCc1c(-c2cc(C)c3ncnn3c2)[nH]c2cc(-c3nc4nc(N5CCNCC5)ccc4[nH]3)sc12. The van der Waals surface area contributed by atoms with Gasteiger partial charge in [0, 0.05) is 37.9 Å². The first-order valence-electron chi connectivity index (χ1n) is 12.0. The fourth-order valence-corrected chi connectivity index (χ4v) is 6.21. The summed E-state index contributed by atoms with van der Waals surface area (Å²) in [5.74, 6) is 1.86. The number of piperazine rings is 1. The topological polar surface area (TPSA) is 103 Å². The molecule has 6 aromatic rings. The zero-order valence-corrected chi connectivity index (χ0v) is 20.4. The minimum Gasteiger partial charge on any atom is -0.354 e. The van der Waals surface area contributed by atoms with E-state index in [-0.39, 0.29) is 0 Å². The van der Waals surface area contributed by atoms with E-state index in [0.717, 1.165) is 88.3 Å². The number of nitrogens with zero attached hydrogens (tertiary/aromatic N) is 6. The van der Waals surface area contributed by atoms with E-state index in [1.807, 2.05) is 10.7 Å². The molecule has 10 heteroatoms. The highest BCUT2D eigenvalue weighted by Crippen LogP contribution is 2.39. The van der Waals surface area contributed by atoms with Gasteiger partial charge in [0.15, 0.2) is 17.1 Å². The molecule has 0 atom stereocenters. The summed E-state index contributed by atoms with van der Waals surface area (Å²) in [5, 5.41) is 7.73. The van der Waals surface area contributed by atoms with Crippen molar-refractivity contribution in [1.82, 2.24) is 39.9 Å². The van der Waals surface area contributed by atoms with Crippen LogP contribution in [0.15, 0.2) is 36.8 Å². The second kappa shape index (κ2) is 7.89. The number of rotatable bonds is 4. The number of imidazole rings is 1. The lowest BCUT2D eigenvalue weighted by atomic mass is 10.1. The van der Waals surface area contributed by atoms with Crippen LogP contribution in [0.2, 0.25) is 0 Å². The zero-order valence-electron chi connectivity index (χ0n) is 19.6. The molecule has 0 saturated carbocycles. The number of anilines is 1. The van der Waals surface area contributed by atoms with Crippen LogP contribution in [0, 0.1) is 6.92 Å². The number of nitrogens with one attached hydrogen (secondary N) is 3. The average molecular weight is 484 g/mol. The van der Waals surface area contributed by atoms with Gasteiger partial charge in [0.2, 0.25) is 0 Å². The van der Waals surface area contributed by atoms with Crippen LogP contribution < -0.4 is 10.2 Å². The first-order chi connectivity index (χ1) is 17.2. The molecule has 9 nitrogen and oxygen atoms in total. The summed E-state index contributed by atoms with van der Waals surface area (Å²) in [4.78, 5) is 24.6. The number of hydrogen-bond acceptors (Lipinski definition) is 7. The molecule has 3 N–H and O–H groups in total. The van der Waals surface area contributed by atoms with Gasteiger partial charge < -0.3 is 20.2 Å². The first kappa shape index (κ1) is 20.6. The van der Waals surface area contributed by atoms with Gasteiger partial charge in [-0.25, -0.2) is 19.5 Å². The third kappa shape index (κ3) is 3.32. The average Bonchev–Trinajstić information content (AvgIpc) is 3.65. The van der Waals surface area contributed by atoms with Crippen LogP contribution >= 0.6 is 11.3 Å². The van der Waals surface area contributed by atoms with Crippen molar-refractivity contribution in [1.29, 1.82) is 0 Å². The molecule has 0 unspecified atom stereocenters. The number of aromatic nitrogens is 7. The molecule has 0 bridgehead atoms. The van der Waals surface area contributed by atoms with Crippen molar-refractivity contribution in [2.45, 2.75) is 20.3 Å². The van der Waals surface area contributed by atoms with E-state index in [0.29, 0.717) is 0 Å². The van der Waals surface area contributed by atoms with Gasteiger partial charge in [0.25, 0.3) is 0 Å². The molecule has 7 heterocycles. The summed E-state index contributed by atoms with van der Waals surface area (Å²) < 4.78 is 3.12. The molecule has 7 rings (SSSR count). The van der Waals surface area contributed by atoms with Gasteiger partial charge in [0.05, 0.1) is 26.3 Å². The van der Waals surface area contributed by atoms with E-state index in [4.69, 9.17) is 9.97 Å². The van der Waals surface area contributed by atoms with Gasteiger partial charge in [-0.05, 0) is 48.7 Å². The highest BCUT2D eigenvalue weighted by Gasteiger charge is 2.19. The van der Waals surface area contributed by atoms with Gasteiger partial charge in [-0.2, -0.15) is 5.10 Å². The van der Waals surface area contributed by atoms with Gasteiger partial charge in [-0.1, -0.05) is 6.92 Å². The van der Waals surface area contributed by atoms with Crippen LogP contribution in [0.25, 0.3) is 49.0 Å². The van der Waals surface area contributed by atoms with Crippen molar-refractivity contribution >= 4 is 44.2 Å². The highest BCUT2D eigenvalue weighted by molar-refractivity contribution is 7.22. The Hall–Kier alpha value is -3.76. The van der Waals surface area contributed by atoms with Gasteiger partial charge in [-0.15, -0.1) is 11.3 Å². The number of aromatic amines is 2. The second-order valence-electron chi connectivity index (χ2n) is 8.99. The lowest BCUT2D eigenvalue weighted by Gasteiger charge is -2.28. The summed E-state index contributed by atoms with van der Waals surface area (Å²) in [5.41, 5.74) is 8.43. The fourth-order valence-electron chi connectivity index (χ4n) is 5.03. The van der Waals surface area contributed by atoms with E-state index in [9.17, 15) is 0 Å². The van der Waals surface area contributed by atoms with Gasteiger partial charge >= 0.3 is 0 Å². The van der Waals surface area contributed by atoms with Crippen molar-refractivity contribution < 1.29 is 0 Å². The van der Waals surface area contributed by atoms with Crippen molar-refractivity contribution in [3.05, 3.63) is 47.9 Å². The molecular formula is C25H25N9S. The summed E-state index contributed by atoms with van der Waals surface area (Å²) >= 11 is 1.77. The Morgan fingerprint density at radius 2 is 1.94 bits per heavy atom. The third-order valence-corrected chi connectivity index (χ3v) is 7.98. The van der Waals surface area contributed by atoms with Crippen LogP contribution in [0.1, 0.15) is 18.1 Å². The molecular weight excluding hydrogens is 458 g/mol. The minimum absolute atomic E-state index is 0.765. The smallest absolute Gasteiger partial charge is 0.180 e. The maximum atomic E-state index is 4.86. The van der Waals surface area contributed by atoms with Crippen LogP contribution in [-0.2, 0) is 6.42 Å². The molecule has 0 amide bonds. The molecule has 0 spiro atoms. The van der Waals surface area contributed by atoms with E-state index in [1.54, 1.807) is 17.7 Å². The number of hydrogen-bond donors (Lipinski definition) is 3. The Balaban J connectivity index is 1.27. The number of thiophene rings is 1. The maximum absolute atomic E-state index is 4.86. The molecule has 6 aromatic heterocycles. The monoisotopic (exact) mass is 483 g/mol. The highest BCUT2D eigenvalue weighted by atomic mass is 32.1. The standard InChI is InChI=1S/C25H25N9S/c1-3-16-21(15-10-14(2)25-27-13-28-34(25)12-15)29-18-11-19(35-22(16)18)24-30-17-4-5-20(31-23(17)32-24)33-8-6-26-7-9-33/h4-5,10-13,26,29H,3,6-9H2,1-2H3,(H,30,31,32). The number of aryl methyl sites for hydroxylation is 2. The molecule has 1 fully saturated rings. The van der Waals surface area contributed by atoms with Crippen LogP contribution in [-0.4, -0.2) is 60.7 Å². The summed E-state index contributed by atoms with van der Waals surface area (Å²) in [7, 11) is 0. The molecule has 0 aliphatic carbocycles. The Labute approximate surface area is 205 Å². The Morgan fingerprint density at radius 3 is 2.80 bits per heavy atom. The predicted molar refractivity (Wildman–Crippen MR) is 140 cm³/mol. The quantitative estimate of drug-likeness (QED) is 0.348. The number of fused-ring (bicyclic) bond motifs is 3. The molecule has 35 heavy (non-hydrogen) atoms. The van der Waals surface area contributed by atoms with Crippen LogP contribution in [0.4, 0.5) is 5.82 Å². The second-order valence-corrected chi connectivity index (χ2v) is 10.0. The summed E-state index contributed by atoms with van der Waals surface area (Å²) in [6.45, 7) is 8.19. The van der Waals surface area contributed by atoms with Crippen molar-refractivity contribution in [3.63, 3.8) is 0 Å². The number of H-pyrrole nitrogens is 2. The maximum Gasteiger partial charge on any atom is 0.180 e. The van der Waals surface area contributed by atoms with E-state index in [1.165, 1.54) is 10.3 Å². The lowest BCUT2D eigenvalue weighted by molar-refractivity contribution is 0.585. The Kier molecular flexibility index (Phi) is 4.64. The Bertz CT molecular complexity index is 1700. The molecule has 1 aliphatic heterocycles. The third-order valence-electron chi connectivity index (χ3n) is 6.77. The molecule has 1 aliphatic rings. The first-order valence-corrected chi connectivity index (χ1v) is 12.8.